The number of aliphatic hydroxyl groups is 1. The van der Waals surface area contributed by atoms with E-state index in [9.17, 15) is 9.90 Å². The molecule has 1 amide bonds. The second-order valence-electron chi connectivity index (χ2n) is 4.30. The molecule has 1 rings (SSSR count). The highest BCUT2D eigenvalue weighted by molar-refractivity contribution is 5.84. The molecule has 82 valence electrons. The molecule has 0 aromatic carbocycles. The van der Waals surface area contributed by atoms with Gasteiger partial charge in [0.2, 0.25) is 5.91 Å². The van der Waals surface area contributed by atoms with Crippen molar-refractivity contribution in [2.45, 2.75) is 45.4 Å². The van der Waals surface area contributed by atoms with Crippen LogP contribution in [0.2, 0.25) is 0 Å². The number of carbonyl (C=O) groups excluding carboxylic acids is 1. The van der Waals surface area contributed by atoms with Gasteiger partial charge in [-0.1, -0.05) is 13.8 Å². The molecule has 1 heterocycles. The van der Waals surface area contributed by atoms with E-state index in [0.717, 1.165) is 13.0 Å². The van der Waals surface area contributed by atoms with Gasteiger partial charge in [0, 0.05) is 19.1 Å². The molecule has 2 atom stereocenters. The van der Waals surface area contributed by atoms with Crippen molar-refractivity contribution in [1.82, 2.24) is 10.2 Å². The van der Waals surface area contributed by atoms with Crippen LogP contribution in [-0.2, 0) is 4.79 Å². The average Bonchev–Trinajstić information content (AvgIpc) is 2.34. The number of hydrogen-bond acceptors (Lipinski definition) is 3. The minimum atomic E-state index is -0.434. The molecular weight excluding hydrogens is 180 g/mol. The number of nitrogens with one attached hydrogen (secondary N) is 1. The molecular formula is C10H20N2O2. The van der Waals surface area contributed by atoms with Crippen LogP contribution in [0.15, 0.2) is 0 Å². The smallest absolute Gasteiger partial charge is 0.239 e. The Bertz CT molecular complexity index is 184. The zero-order valence-corrected chi connectivity index (χ0v) is 9.16. The lowest BCUT2D eigenvalue weighted by Gasteiger charge is -2.19. The molecule has 2 N–H and O–H groups in total. The van der Waals surface area contributed by atoms with Gasteiger partial charge in [-0.05, 0) is 13.3 Å². The summed E-state index contributed by atoms with van der Waals surface area (Å²) in [5.41, 5.74) is 0. The van der Waals surface area contributed by atoms with Crippen LogP contribution in [0.1, 0.15) is 27.2 Å². The number of nitrogens with zero attached hydrogens (tertiary/aromatic N) is 1. The first kappa shape index (κ1) is 11.5. The molecule has 1 aliphatic heterocycles. The normalized spacial score (nSPS) is 24.8. The molecule has 2 unspecified atom stereocenters. The van der Waals surface area contributed by atoms with E-state index >= 15 is 0 Å². The molecule has 1 aliphatic rings. The highest BCUT2D eigenvalue weighted by atomic mass is 16.3. The van der Waals surface area contributed by atoms with E-state index in [1.807, 2.05) is 13.8 Å². The Morgan fingerprint density at radius 2 is 2.21 bits per heavy atom. The van der Waals surface area contributed by atoms with Gasteiger partial charge in [-0.2, -0.15) is 0 Å². The fourth-order valence-electron chi connectivity index (χ4n) is 1.80. The van der Waals surface area contributed by atoms with Crippen LogP contribution >= 0.6 is 0 Å². The molecule has 0 aromatic heterocycles. The highest BCUT2D eigenvalue weighted by Gasteiger charge is 2.31. The van der Waals surface area contributed by atoms with Crippen molar-refractivity contribution >= 4 is 5.91 Å². The Labute approximate surface area is 85.3 Å². The number of amides is 1. The van der Waals surface area contributed by atoms with Crippen LogP contribution in [0.3, 0.4) is 0 Å². The zero-order chi connectivity index (χ0) is 10.7. The van der Waals surface area contributed by atoms with Gasteiger partial charge in [-0.3, -0.25) is 4.79 Å². The standard InChI is InChI=1S/C10H20N2O2/c1-7(2)11-9-4-5-12(10(9)14)6-8(3)13/h7-9,11,13H,4-6H2,1-3H3. The Hall–Kier alpha value is -0.610. The maximum absolute atomic E-state index is 11.7. The van der Waals surface area contributed by atoms with Crippen molar-refractivity contribution in [3.8, 4) is 0 Å². The van der Waals surface area contributed by atoms with Crippen LogP contribution in [-0.4, -0.2) is 47.2 Å². The van der Waals surface area contributed by atoms with Gasteiger partial charge in [0.05, 0.1) is 12.1 Å². The predicted molar refractivity (Wildman–Crippen MR) is 54.9 cm³/mol. The second-order valence-corrected chi connectivity index (χ2v) is 4.30. The second kappa shape index (κ2) is 4.75. The van der Waals surface area contributed by atoms with Crippen molar-refractivity contribution in [2.75, 3.05) is 13.1 Å². The average molecular weight is 200 g/mol. The summed E-state index contributed by atoms with van der Waals surface area (Å²) in [6.07, 6.45) is 0.417. The van der Waals surface area contributed by atoms with Crippen molar-refractivity contribution < 1.29 is 9.90 Å². The van der Waals surface area contributed by atoms with Crippen LogP contribution < -0.4 is 5.32 Å². The van der Waals surface area contributed by atoms with Crippen LogP contribution in [0.4, 0.5) is 0 Å². The van der Waals surface area contributed by atoms with E-state index in [2.05, 4.69) is 5.32 Å². The number of hydrogen-bond donors (Lipinski definition) is 2. The third kappa shape index (κ3) is 2.96. The van der Waals surface area contributed by atoms with Crippen molar-refractivity contribution in [3.05, 3.63) is 0 Å². The Morgan fingerprint density at radius 3 is 2.71 bits per heavy atom. The van der Waals surface area contributed by atoms with Gasteiger partial charge in [0.15, 0.2) is 0 Å². The van der Waals surface area contributed by atoms with E-state index in [1.54, 1.807) is 11.8 Å². The number of likely N-dealkylation sites (tertiary alicyclic amines) is 1. The quantitative estimate of drug-likeness (QED) is 0.670. The molecule has 0 radical (unpaired) electrons. The van der Waals surface area contributed by atoms with E-state index in [1.165, 1.54) is 0 Å². The molecule has 1 saturated heterocycles. The zero-order valence-electron chi connectivity index (χ0n) is 9.16. The summed E-state index contributed by atoms with van der Waals surface area (Å²) in [7, 11) is 0. The van der Waals surface area contributed by atoms with Crippen molar-refractivity contribution in [3.63, 3.8) is 0 Å². The van der Waals surface area contributed by atoms with E-state index in [4.69, 9.17) is 0 Å². The third-order valence-corrected chi connectivity index (χ3v) is 2.32. The van der Waals surface area contributed by atoms with Gasteiger partial charge >= 0.3 is 0 Å². The van der Waals surface area contributed by atoms with Gasteiger partial charge in [-0.25, -0.2) is 0 Å². The topological polar surface area (TPSA) is 52.6 Å². The summed E-state index contributed by atoms with van der Waals surface area (Å²) in [6, 6.07) is 0.282. The first-order chi connectivity index (χ1) is 6.50. The Balaban J connectivity index is 2.43. The SMILES string of the molecule is CC(O)CN1CCC(NC(C)C)C1=O. The molecule has 0 saturated carbocycles. The third-order valence-electron chi connectivity index (χ3n) is 2.32. The summed E-state index contributed by atoms with van der Waals surface area (Å²) in [5, 5.41) is 12.4. The lowest BCUT2D eigenvalue weighted by atomic mass is 10.2. The molecule has 4 heteroatoms. The first-order valence-electron chi connectivity index (χ1n) is 5.23. The minimum Gasteiger partial charge on any atom is -0.392 e. The van der Waals surface area contributed by atoms with Crippen LogP contribution in [0.5, 0.6) is 0 Å². The fraction of sp³-hybridized carbons (Fsp3) is 0.900. The summed E-state index contributed by atoms with van der Waals surface area (Å²) >= 11 is 0. The largest absolute Gasteiger partial charge is 0.392 e. The van der Waals surface area contributed by atoms with Gasteiger partial charge < -0.3 is 15.3 Å². The molecule has 0 bridgehead atoms. The number of carbonyl (C=O) groups is 1. The highest BCUT2D eigenvalue weighted by Crippen LogP contribution is 2.12. The molecule has 1 fully saturated rings. The van der Waals surface area contributed by atoms with E-state index in [-0.39, 0.29) is 11.9 Å². The minimum absolute atomic E-state index is 0.0475. The predicted octanol–water partition coefficient (Wildman–Crippen LogP) is -0.0339. The maximum atomic E-state index is 11.7. The Kier molecular flexibility index (Phi) is 3.89. The monoisotopic (exact) mass is 200 g/mol. The summed E-state index contributed by atoms with van der Waals surface area (Å²) in [4.78, 5) is 13.5. The van der Waals surface area contributed by atoms with E-state index in [0.29, 0.717) is 12.6 Å². The summed E-state index contributed by atoms with van der Waals surface area (Å²) < 4.78 is 0. The molecule has 4 nitrogen and oxygen atoms in total. The van der Waals surface area contributed by atoms with Crippen molar-refractivity contribution in [1.29, 1.82) is 0 Å². The molecule has 0 aromatic rings. The van der Waals surface area contributed by atoms with Crippen LogP contribution in [0.25, 0.3) is 0 Å². The van der Waals surface area contributed by atoms with Crippen molar-refractivity contribution in [2.24, 2.45) is 0 Å². The van der Waals surface area contributed by atoms with Gasteiger partial charge in [0.1, 0.15) is 0 Å². The van der Waals surface area contributed by atoms with Gasteiger partial charge in [0.25, 0.3) is 0 Å². The van der Waals surface area contributed by atoms with Crippen LogP contribution in [0, 0.1) is 0 Å². The lowest BCUT2D eigenvalue weighted by Crippen LogP contribution is -2.42. The number of β-amino-alcohol motifs (C(OH)–C–C–N with tert-alkyl or cyclic N) is 1. The molecule has 0 aliphatic carbocycles. The molecule has 0 spiro atoms. The maximum Gasteiger partial charge on any atom is 0.239 e. The summed E-state index contributed by atoms with van der Waals surface area (Å²) in [5.74, 6) is 0.125. The lowest BCUT2D eigenvalue weighted by molar-refractivity contribution is -0.130. The summed E-state index contributed by atoms with van der Waals surface area (Å²) in [6.45, 7) is 6.98. The molecule has 14 heavy (non-hydrogen) atoms. The van der Waals surface area contributed by atoms with E-state index < -0.39 is 6.10 Å². The fourth-order valence-corrected chi connectivity index (χ4v) is 1.80. The first-order valence-corrected chi connectivity index (χ1v) is 5.23. The Morgan fingerprint density at radius 1 is 1.57 bits per heavy atom. The number of aliphatic hydroxyl groups excluding tert-OH is 1. The van der Waals surface area contributed by atoms with Gasteiger partial charge in [-0.15, -0.1) is 0 Å². The number of rotatable bonds is 4.